The molecule has 1 aliphatic heterocycles. The third-order valence-corrected chi connectivity index (χ3v) is 5.35. The van der Waals surface area contributed by atoms with Gasteiger partial charge in [-0.15, -0.1) is 0 Å². The molecule has 2 aromatic carbocycles. The van der Waals surface area contributed by atoms with E-state index in [0.717, 1.165) is 38.3 Å². The molecule has 7 nitrogen and oxygen atoms in total. The van der Waals surface area contributed by atoms with Crippen molar-refractivity contribution >= 4 is 23.2 Å². The predicted molar refractivity (Wildman–Crippen MR) is 115 cm³/mol. The fourth-order valence-electron chi connectivity index (χ4n) is 3.40. The summed E-state index contributed by atoms with van der Waals surface area (Å²) in [5.74, 6) is 0.536. The van der Waals surface area contributed by atoms with Crippen LogP contribution in [-0.2, 0) is 13.1 Å². The summed E-state index contributed by atoms with van der Waals surface area (Å²) in [5.41, 5.74) is 1.84. The van der Waals surface area contributed by atoms with Gasteiger partial charge in [-0.25, -0.2) is 4.98 Å². The summed E-state index contributed by atoms with van der Waals surface area (Å²) in [4.78, 5) is 21.2. The van der Waals surface area contributed by atoms with Crippen LogP contribution in [0.1, 0.15) is 21.9 Å². The maximum Gasteiger partial charge on any atom is 0.277 e. The summed E-state index contributed by atoms with van der Waals surface area (Å²) in [6.07, 6.45) is 1.38. The van der Waals surface area contributed by atoms with Crippen molar-refractivity contribution in [1.82, 2.24) is 14.8 Å². The number of nitrogens with one attached hydrogen (secondary N) is 1. The first kappa shape index (κ1) is 20.4. The van der Waals surface area contributed by atoms with E-state index < -0.39 is 0 Å². The molecule has 0 aliphatic carbocycles. The summed E-state index contributed by atoms with van der Waals surface area (Å²) in [7, 11) is 0. The van der Waals surface area contributed by atoms with Crippen LogP contribution in [0.3, 0.4) is 0 Å². The van der Waals surface area contributed by atoms with Crippen LogP contribution in [0.2, 0.25) is 5.02 Å². The second-order valence-electron chi connectivity index (χ2n) is 7.27. The second-order valence-corrected chi connectivity index (χ2v) is 7.70. The van der Waals surface area contributed by atoms with E-state index in [1.807, 2.05) is 18.2 Å². The molecule has 1 aliphatic rings. The fraction of sp³-hybridized carbons (Fsp3) is 0.273. The van der Waals surface area contributed by atoms with Crippen LogP contribution in [0, 0.1) is 0 Å². The number of nitrogens with zero attached hydrogens (tertiary/aromatic N) is 3. The number of amides is 1. The maximum atomic E-state index is 12.3. The molecule has 0 unspecified atom stereocenters. The quantitative estimate of drug-likeness (QED) is 0.626. The molecule has 2 N–H and O–H groups in total. The molecule has 8 heteroatoms. The zero-order valence-electron chi connectivity index (χ0n) is 16.4. The number of aromatic nitrogens is 1. The summed E-state index contributed by atoms with van der Waals surface area (Å²) >= 11 is 5.86. The van der Waals surface area contributed by atoms with Crippen LogP contribution in [0.25, 0.3) is 0 Å². The summed E-state index contributed by atoms with van der Waals surface area (Å²) in [6, 6.07) is 14.3. The summed E-state index contributed by atoms with van der Waals surface area (Å²) < 4.78 is 5.50. The number of carbonyl (C=O) groups is 1. The molecule has 3 aromatic rings. The molecule has 4 rings (SSSR count). The number of phenolic OH excluding ortho intramolecular Hbond substituents is 1. The average molecular weight is 427 g/mol. The van der Waals surface area contributed by atoms with E-state index in [1.165, 1.54) is 6.26 Å². The highest BCUT2D eigenvalue weighted by atomic mass is 35.5. The van der Waals surface area contributed by atoms with Gasteiger partial charge in [-0.1, -0.05) is 29.8 Å². The third kappa shape index (κ3) is 5.18. The Kier molecular flexibility index (Phi) is 6.32. The first-order valence-corrected chi connectivity index (χ1v) is 10.2. The summed E-state index contributed by atoms with van der Waals surface area (Å²) in [6.45, 7) is 4.79. The zero-order valence-corrected chi connectivity index (χ0v) is 17.2. The van der Waals surface area contributed by atoms with Crippen LogP contribution in [-0.4, -0.2) is 52.0 Å². The largest absolute Gasteiger partial charge is 0.508 e. The van der Waals surface area contributed by atoms with E-state index in [1.54, 1.807) is 30.3 Å². The maximum absolute atomic E-state index is 12.3. The molecule has 1 aromatic heterocycles. The molecule has 1 saturated heterocycles. The number of halogens is 1. The topological polar surface area (TPSA) is 81.8 Å². The highest BCUT2D eigenvalue weighted by Gasteiger charge is 2.20. The zero-order chi connectivity index (χ0) is 20.9. The Morgan fingerprint density at radius 3 is 2.40 bits per heavy atom. The Hall–Kier alpha value is -2.87. The number of hydrogen-bond donors (Lipinski definition) is 2. The number of oxazole rings is 1. The van der Waals surface area contributed by atoms with Crippen molar-refractivity contribution in [1.29, 1.82) is 0 Å². The average Bonchev–Trinajstić information content (AvgIpc) is 3.21. The van der Waals surface area contributed by atoms with Crippen molar-refractivity contribution in [2.45, 2.75) is 13.1 Å². The van der Waals surface area contributed by atoms with Gasteiger partial charge in [0.2, 0.25) is 5.89 Å². The first-order chi connectivity index (χ1) is 14.6. The van der Waals surface area contributed by atoms with Gasteiger partial charge in [0.15, 0.2) is 5.69 Å². The smallest absolute Gasteiger partial charge is 0.277 e. The van der Waals surface area contributed by atoms with Crippen molar-refractivity contribution < 1.29 is 14.3 Å². The lowest BCUT2D eigenvalue weighted by atomic mass is 10.1. The molecule has 2 heterocycles. The lowest BCUT2D eigenvalue weighted by Gasteiger charge is -2.34. The number of para-hydroxylation sites is 1. The number of benzene rings is 2. The van der Waals surface area contributed by atoms with Gasteiger partial charge >= 0.3 is 0 Å². The van der Waals surface area contributed by atoms with Crippen molar-refractivity contribution in [2.24, 2.45) is 0 Å². The van der Waals surface area contributed by atoms with Crippen molar-refractivity contribution in [3.05, 3.63) is 77.0 Å². The SMILES string of the molecule is O=C(Nc1ccc(Cl)cc1)c1coc(CN2CCN(Cc3ccccc3O)CC2)n1. The van der Waals surface area contributed by atoms with Crippen LogP contribution in [0.15, 0.2) is 59.2 Å². The Bertz CT molecular complexity index is 998. The highest BCUT2D eigenvalue weighted by molar-refractivity contribution is 6.30. The monoisotopic (exact) mass is 426 g/mol. The highest BCUT2D eigenvalue weighted by Crippen LogP contribution is 2.19. The second kappa shape index (κ2) is 9.30. The van der Waals surface area contributed by atoms with Gasteiger partial charge in [-0.2, -0.15) is 0 Å². The number of carbonyl (C=O) groups excluding carboxylic acids is 1. The van der Waals surface area contributed by atoms with Crippen LogP contribution < -0.4 is 5.32 Å². The molecule has 0 spiro atoms. The van der Waals surface area contributed by atoms with Crippen molar-refractivity contribution in [3.63, 3.8) is 0 Å². The summed E-state index contributed by atoms with van der Waals surface area (Å²) in [5, 5.41) is 13.3. The van der Waals surface area contributed by atoms with Gasteiger partial charge in [0.05, 0.1) is 6.54 Å². The predicted octanol–water partition coefficient (Wildman–Crippen LogP) is 3.60. The normalized spacial score (nSPS) is 15.2. The van der Waals surface area contributed by atoms with Gasteiger partial charge in [0, 0.05) is 49.0 Å². The number of aromatic hydroxyl groups is 1. The minimum atomic E-state index is -0.320. The molecular weight excluding hydrogens is 404 g/mol. The Labute approximate surface area is 179 Å². The van der Waals surface area contributed by atoms with Gasteiger partial charge < -0.3 is 14.8 Å². The Morgan fingerprint density at radius 1 is 1.03 bits per heavy atom. The first-order valence-electron chi connectivity index (χ1n) is 9.80. The van der Waals surface area contributed by atoms with E-state index in [9.17, 15) is 9.90 Å². The van der Waals surface area contributed by atoms with E-state index >= 15 is 0 Å². The molecule has 0 atom stereocenters. The molecule has 0 saturated carbocycles. The number of piperazine rings is 1. The lowest BCUT2D eigenvalue weighted by molar-refractivity contribution is 0.102. The number of anilines is 1. The molecule has 0 bridgehead atoms. The van der Waals surface area contributed by atoms with Crippen molar-refractivity contribution in [2.75, 3.05) is 31.5 Å². The van der Waals surface area contributed by atoms with Gasteiger partial charge in [-0.05, 0) is 30.3 Å². The Morgan fingerprint density at radius 2 is 1.70 bits per heavy atom. The van der Waals surface area contributed by atoms with E-state index in [-0.39, 0.29) is 11.6 Å². The number of phenols is 1. The third-order valence-electron chi connectivity index (χ3n) is 5.10. The molecule has 1 amide bonds. The van der Waals surface area contributed by atoms with Crippen LogP contribution in [0.5, 0.6) is 5.75 Å². The van der Waals surface area contributed by atoms with E-state index in [2.05, 4.69) is 20.1 Å². The molecular formula is C22H23ClN4O3. The van der Waals surface area contributed by atoms with E-state index in [0.29, 0.717) is 28.9 Å². The van der Waals surface area contributed by atoms with Gasteiger partial charge in [0.1, 0.15) is 12.0 Å². The van der Waals surface area contributed by atoms with Gasteiger partial charge in [0.25, 0.3) is 5.91 Å². The minimum absolute atomic E-state index is 0.248. The molecule has 0 radical (unpaired) electrons. The standard InChI is InChI=1S/C22H23ClN4O3/c23-17-5-7-18(8-6-17)24-22(29)19-15-30-21(25-19)14-27-11-9-26(10-12-27)13-16-3-1-2-4-20(16)28/h1-8,15,28H,9-14H2,(H,24,29). The van der Waals surface area contributed by atoms with Crippen LogP contribution >= 0.6 is 11.6 Å². The van der Waals surface area contributed by atoms with Gasteiger partial charge in [-0.3, -0.25) is 14.6 Å². The fourth-order valence-corrected chi connectivity index (χ4v) is 3.52. The minimum Gasteiger partial charge on any atom is -0.508 e. The Balaban J connectivity index is 1.27. The number of hydrogen-bond acceptors (Lipinski definition) is 6. The molecule has 1 fully saturated rings. The molecule has 156 valence electrons. The molecule has 30 heavy (non-hydrogen) atoms. The van der Waals surface area contributed by atoms with Crippen LogP contribution in [0.4, 0.5) is 5.69 Å². The number of rotatable bonds is 6. The lowest BCUT2D eigenvalue weighted by Crippen LogP contribution is -2.45. The van der Waals surface area contributed by atoms with Crippen molar-refractivity contribution in [3.8, 4) is 5.75 Å². The van der Waals surface area contributed by atoms with E-state index in [4.69, 9.17) is 16.0 Å².